The highest BCUT2D eigenvalue weighted by Gasteiger charge is 2.28. The van der Waals surface area contributed by atoms with Crippen LogP contribution >= 0.6 is 11.8 Å². The van der Waals surface area contributed by atoms with Crippen LogP contribution in [0.5, 0.6) is 0 Å². The molecule has 3 nitrogen and oxygen atoms in total. The molecule has 0 aromatic heterocycles. The third kappa shape index (κ3) is 2.54. The number of hydrogen-bond donors (Lipinski definition) is 2. The summed E-state index contributed by atoms with van der Waals surface area (Å²) in [5, 5.41) is 6.49. The summed E-state index contributed by atoms with van der Waals surface area (Å²) in [5.41, 5.74) is 1.31. The highest BCUT2D eigenvalue weighted by atomic mass is 32.2. The van der Waals surface area contributed by atoms with Crippen LogP contribution in [0.15, 0.2) is 29.2 Å². The van der Waals surface area contributed by atoms with E-state index in [0.29, 0.717) is 5.92 Å². The molecule has 2 atom stereocenters. The highest BCUT2D eigenvalue weighted by Crippen LogP contribution is 2.36. The highest BCUT2D eigenvalue weighted by molar-refractivity contribution is 8.01. The summed E-state index contributed by atoms with van der Waals surface area (Å²) in [6.45, 7) is 2.95. The quantitative estimate of drug-likeness (QED) is 0.866. The predicted molar refractivity (Wildman–Crippen MR) is 73.8 cm³/mol. The van der Waals surface area contributed by atoms with Gasteiger partial charge in [-0.25, -0.2) is 0 Å². The van der Waals surface area contributed by atoms with Gasteiger partial charge in [-0.3, -0.25) is 4.79 Å². The average Bonchev–Trinajstić information content (AvgIpc) is 3.04. The molecule has 18 heavy (non-hydrogen) atoms. The van der Waals surface area contributed by atoms with Crippen LogP contribution in [0.25, 0.3) is 0 Å². The third-order valence-corrected chi connectivity index (χ3v) is 4.98. The monoisotopic (exact) mass is 262 g/mol. The van der Waals surface area contributed by atoms with Gasteiger partial charge in [0.2, 0.25) is 5.91 Å². The molecule has 0 aliphatic carbocycles. The van der Waals surface area contributed by atoms with Crippen LogP contribution in [0.4, 0.5) is 0 Å². The van der Waals surface area contributed by atoms with Gasteiger partial charge in [0.05, 0.1) is 5.25 Å². The number of thioether (sulfide) groups is 1. The van der Waals surface area contributed by atoms with E-state index in [2.05, 4.69) is 22.8 Å². The molecule has 0 saturated carbocycles. The number of rotatable bonds is 3. The van der Waals surface area contributed by atoms with Crippen LogP contribution in [0.3, 0.4) is 0 Å². The Morgan fingerprint density at radius 1 is 1.44 bits per heavy atom. The Labute approximate surface area is 112 Å². The first-order chi connectivity index (χ1) is 8.83. The Morgan fingerprint density at radius 2 is 2.33 bits per heavy atom. The van der Waals surface area contributed by atoms with Crippen LogP contribution in [-0.4, -0.2) is 30.8 Å². The van der Waals surface area contributed by atoms with E-state index in [0.717, 1.165) is 26.1 Å². The molecule has 1 aromatic carbocycles. The summed E-state index contributed by atoms with van der Waals surface area (Å²) < 4.78 is 0. The van der Waals surface area contributed by atoms with Crippen molar-refractivity contribution in [3.05, 3.63) is 29.8 Å². The summed E-state index contributed by atoms with van der Waals surface area (Å²) in [6, 6.07) is 8.31. The zero-order valence-corrected chi connectivity index (χ0v) is 11.1. The van der Waals surface area contributed by atoms with Crippen molar-refractivity contribution in [1.29, 1.82) is 0 Å². The van der Waals surface area contributed by atoms with Gasteiger partial charge in [-0.1, -0.05) is 18.2 Å². The fourth-order valence-electron chi connectivity index (χ4n) is 2.58. The number of nitrogens with one attached hydrogen (secondary N) is 2. The van der Waals surface area contributed by atoms with E-state index in [-0.39, 0.29) is 11.2 Å². The number of benzene rings is 1. The number of hydrogen-bond acceptors (Lipinski definition) is 3. The van der Waals surface area contributed by atoms with Gasteiger partial charge in [0.1, 0.15) is 0 Å². The SMILES string of the molecule is O=C(NCC1CCNC1)C1Cc2ccccc2S1. The Hall–Kier alpha value is -1.00. The van der Waals surface area contributed by atoms with E-state index in [1.807, 2.05) is 12.1 Å². The summed E-state index contributed by atoms with van der Waals surface area (Å²) in [7, 11) is 0. The van der Waals surface area contributed by atoms with Crippen molar-refractivity contribution < 1.29 is 4.79 Å². The van der Waals surface area contributed by atoms with Gasteiger partial charge in [0.15, 0.2) is 0 Å². The second kappa shape index (κ2) is 5.33. The van der Waals surface area contributed by atoms with Crippen LogP contribution < -0.4 is 10.6 Å². The number of amides is 1. The molecule has 0 radical (unpaired) electrons. The van der Waals surface area contributed by atoms with Crippen molar-refractivity contribution >= 4 is 17.7 Å². The van der Waals surface area contributed by atoms with E-state index in [1.165, 1.54) is 16.9 Å². The van der Waals surface area contributed by atoms with Gasteiger partial charge < -0.3 is 10.6 Å². The van der Waals surface area contributed by atoms with Crippen molar-refractivity contribution in [2.24, 2.45) is 5.92 Å². The second-order valence-corrected chi connectivity index (χ2v) is 6.27. The first-order valence-electron chi connectivity index (χ1n) is 6.56. The summed E-state index contributed by atoms with van der Waals surface area (Å²) in [5.74, 6) is 0.811. The molecule has 96 valence electrons. The van der Waals surface area contributed by atoms with Gasteiger partial charge in [-0.2, -0.15) is 0 Å². The number of carbonyl (C=O) groups excluding carboxylic acids is 1. The lowest BCUT2D eigenvalue weighted by molar-refractivity contribution is -0.120. The van der Waals surface area contributed by atoms with Gasteiger partial charge >= 0.3 is 0 Å². The van der Waals surface area contributed by atoms with E-state index in [9.17, 15) is 4.79 Å². The molecule has 2 heterocycles. The maximum Gasteiger partial charge on any atom is 0.233 e. The lowest BCUT2D eigenvalue weighted by atomic mass is 10.1. The van der Waals surface area contributed by atoms with E-state index < -0.39 is 0 Å². The number of fused-ring (bicyclic) bond motifs is 1. The standard InChI is InChI=1S/C14H18N2OS/c17-14(16-9-10-5-6-15-8-10)13-7-11-3-1-2-4-12(11)18-13/h1-4,10,13,15H,5-9H2,(H,16,17). The minimum Gasteiger partial charge on any atom is -0.355 e. The van der Waals surface area contributed by atoms with Crippen molar-refractivity contribution in [3.8, 4) is 0 Å². The minimum absolute atomic E-state index is 0.0664. The lowest BCUT2D eigenvalue weighted by Crippen LogP contribution is -2.36. The zero-order valence-electron chi connectivity index (χ0n) is 10.3. The van der Waals surface area contributed by atoms with Crippen molar-refractivity contribution in [2.75, 3.05) is 19.6 Å². The third-order valence-electron chi connectivity index (χ3n) is 3.67. The molecular formula is C14H18N2OS. The van der Waals surface area contributed by atoms with Gasteiger partial charge in [0, 0.05) is 11.4 Å². The fourth-order valence-corrected chi connectivity index (χ4v) is 3.80. The normalized spacial score (nSPS) is 26.0. The Kier molecular flexibility index (Phi) is 3.57. The van der Waals surface area contributed by atoms with Crippen LogP contribution in [-0.2, 0) is 11.2 Å². The molecular weight excluding hydrogens is 244 g/mol. The summed E-state index contributed by atoms with van der Waals surface area (Å²) >= 11 is 1.70. The zero-order chi connectivity index (χ0) is 12.4. The molecule has 1 amide bonds. The van der Waals surface area contributed by atoms with Gasteiger partial charge in [0.25, 0.3) is 0 Å². The number of carbonyl (C=O) groups is 1. The fraction of sp³-hybridized carbons (Fsp3) is 0.500. The van der Waals surface area contributed by atoms with Crippen molar-refractivity contribution in [3.63, 3.8) is 0 Å². The van der Waals surface area contributed by atoms with E-state index in [4.69, 9.17) is 0 Å². The van der Waals surface area contributed by atoms with E-state index in [1.54, 1.807) is 11.8 Å². The van der Waals surface area contributed by atoms with Crippen molar-refractivity contribution in [1.82, 2.24) is 10.6 Å². The summed E-state index contributed by atoms with van der Waals surface area (Å²) in [6.07, 6.45) is 2.05. The van der Waals surface area contributed by atoms with Gasteiger partial charge in [-0.15, -0.1) is 11.8 Å². The first-order valence-corrected chi connectivity index (χ1v) is 7.44. The molecule has 2 aliphatic rings. The molecule has 2 N–H and O–H groups in total. The van der Waals surface area contributed by atoms with Gasteiger partial charge in [-0.05, 0) is 43.5 Å². The van der Waals surface area contributed by atoms with Crippen LogP contribution in [0, 0.1) is 5.92 Å². The predicted octanol–water partition coefficient (Wildman–Crippen LogP) is 1.43. The molecule has 1 aromatic rings. The van der Waals surface area contributed by atoms with E-state index >= 15 is 0 Å². The average molecular weight is 262 g/mol. The minimum atomic E-state index is 0.0664. The molecule has 0 spiro atoms. The van der Waals surface area contributed by atoms with Crippen LogP contribution in [0.1, 0.15) is 12.0 Å². The molecule has 1 fully saturated rings. The Bertz CT molecular complexity index is 418. The topological polar surface area (TPSA) is 41.1 Å². The maximum atomic E-state index is 12.1. The largest absolute Gasteiger partial charge is 0.355 e. The Balaban J connectivity index is 1.52. The molecule has 2 aliphatic heterocycles. The molecule has 1 saturated heterocycles. The smallest absolute Gasteiger partial charge is 0.233 e. The lowest BCUT2D eigenvalue weighted by Gasteiger charge is -2.13. The molecule has 4 heteroatoms. The first kappa shape index (κ1) is 12.1. The Morgan fingerprint density at radius 3 is 3.11 bits per heavy atom. The molecule has 2 unspecified atom stereocenters. The summed E-state index contributed by atoms with van der Waals surface area (Å²) in [4.78, 5) is 13.4. The second-order valence-electron chi connectivity index (χ2n) is 5.02. The molecule has 3 rings (SSSR count). The van der Waals surface area contributed by atoms with Crippen molar-refractivity contribution in [2.45, 2.75) is 23.0 Å². The molecule has 0 bridgehead atoms. The van der Waals surface area contributed by atoms with Crippen LogP contribution in [0.2, 0.25) is 0 Å². The maximum absolute atomic E-state index is 12.1.